The van der Waals surface area contributed by atoms with Crippen LogP contribution in [0.25, 0.3) is 16.0 Å². The van der Waals surface area contributed by atoms with Crippen LogP contribution in [-0.2, 0) is 16.0 Å². The summed E-state index contributed by atoms with van der Waals surface area (Å²) < 4.78 is 26.3. The molecule has 0 spiro atoms. The highest BCUT2D eigenvalue weighted by Gasteiger charge is 2.48. The molecule has 3 aromatic carbocycles. The quantitative estimate of drug-likeness (QED) is 0.149. The average Bonchev–Trinajstić information content (AvgIpc) is 3.60. The van der Waals surface area contributed by atoms with Crippen LogP contribution in [0.4, 0.5) is 9.52 Å². The third-order valence-electron chi connectivity index (χ3n) is 7.30. The zero-order chi connectivity index (χ0) is 28.8. The number of nitrogens with zero attached hydrogens (tertiary/aromatic N) is 2. The molecule has 0 saturated carbocycles. The monoisotopic (exact) mass is 572 g/mol. The Kier molecular flexibility index (Phi) is 6.99. The molecule has 0 unspecified atom stereocenters. The number of anilines is 1. The predicted molar refractivity (Wildman–Crippen MR) is 156 cm³/mol. The van der Waals surface area contributed by atoms with Crippen LogP contribution in [0.15, 0.2) is 66.2 Å². The van der Waals surface area contributed by atoms with Gasteiger partial charge in [-0.1, -0.05) is 37.3 Å². The van der Waals surface area contributed by atoms with Crippen molar-refractivity contribution < 1.29 is 28.6 Å². The summed E-state index contributed by atoms with van der Waals surface area (Å²) in [6.45, 7) is 6.71. The largest absolute Gasteiger partial charge is 0.507 e. The smallest absolute Gasteiger partial charge is 0.301 e. The number of carbonyl (C=O) groups excluding carboxylic acids is 2. The zero-order valence-electron chi connectivity index (χ0n) is 22.9. The van der Waals surface area contributed by atoms with Crippen molar-refractivity contribution in [1.29, 1.82) is 0 Å². The van der Waals surface area contributed by atoms with E-state index in [0.29, 0.717) is 46.0 Å². The van der Waals surface area contributed by atoms with Crippen molar-refractivity contribution in [1.82, 2.24) is 4.98 Å². The number of hydrogen-bond acceptors (Lipinski definition) is 7. The van der Waals surface area contributed by atoms with Gasteiger partial charge in [0, 0.05) is 12.0 Å². The van der Waals surface area contributed by atoms with Gasteiger partial charge in [0.05, 0.1) is 28.4 Å². The fourth-order valence-corrected chi connectivity index (χ4v) is 6.26. The van der Waals surface area contributed by atoms with Crippen LogP contribution in [0.3, 0.4) is 0 Å². The average molecular weight is 573 g/mol. The van der Waals surface area contributed by atoms with Crippen LogP contribution in [0, 0.1) is 11.7 Å². The summed E-state index contributed by atoms with van der Waals surface area (Å²) in [5.74, 6) is -0.559. The number of aromatic nitrogens is 1. The van der Waals surface area contributed by atoms with E-state index in [9.17, 15) is 19.1 Å². The standard InChI is InChI=1S/C32H29FN2O5S/c1-17(2)11-12-39-23-6-4-5-19(15-23)28-27(29(36)20-7-10-25-21(14-20)13-18(3)40-25)30(37)31(38)35(28)32-34-24-9-8-22(33)16-26(24)41-32/h4-10,14-18,28,36H,11-13H2,1-3H3/t18-,28+/m1/s1. The van der Waals surface area contributed by atoms with Crippen LogP contribution in [0.2, 0.25) is 0 Å². The Labute approximate surface area is 240 Å². The lowest BCUT2D eigenvalue weighted by Gasteiger charge is -2.23. The van der Waals surface area contributed by atoms with E-state index in [1.807, 2.05) is 13.0 Å². The van der Waals surface area contributed by atoms with E-state index >= 15 is 0 Å². The van der Waals surface area contributed by atoms with Crippen molar-refractivity contribution in [3.05, 3.63) is 88.7 Å². The summed E-state index contributed by atoms with van der Waals surface area (Å²) in [5, 5.41) is 11.8. The molecule has 1 aromatic heterocycles. The van der Waals surface area contributed by atoms with E-state index in [4.69, 9.17) is 9.47 Å². The number of halogens is 1. The van der Waals surface area contributed by atoms with Gasteiger partial charge in [-0.3, -0.25) is 14.5 Å². The van der Waals surface area contributed by atoms with Gasteiger partial charge in [0.15, 0.2) is 5.13 Å². The molecule has 3 heterocycles. The molecule has 4 aromatic rings. The van der Waals surface area contributed by atoms with Crippen molar-refractivity contribution in [3.8, 4) is 11.5 Å². The third kappa shape index (κ3) is 5.06. The number of fused-ring (bicyclic) bond motifs is 2. The topological polar surface area (TPSA) is 89.0 Å². The number of carbonyl (C=O) groups is 2. The normalized spacial score (nSPS) is 19.7. The minimum absolute atomic E-state index is 0.00952. The highest BCUT2D eigenvalue weighted by Crippen LogP contribution is 2.45. The number of ether oxygens (including phenoxy) is 2. The first-order valence-corrected chi connectivity index (χ1v) is 14.4. The molecule has 1 fully saturated rings. The molecular weight excluding hydrogens is 543 g/mol. The number of aliphatic hydroxyl groups excluding tert-OH is 1. The van der Waals surface area contributed by atoms with Gasteiger partial charge >= 0.3 is 5.91 Å². The number of hydrogen-bond donors (Lipinski definition) is 1. The lowest BCUT2D eigenvalue weighted by Crippen LogP contribution is -2.29. The van der Waals surface area contributed by atoms with Gasteiger partial charge in [0.25, 0.3) is 5.78 Å². The first-order valence-electron chi connectivity index (χ1n) is 13.6. The van der Waals surface area contributed by atoms with Crippen LogP contribution in [0.1, 0.15) is 49.9 Å². The Balaban J connectivity index is 1.48. The molecule has 2 aliphatic rings. The molecule has 2 atom stereocenters. The number of ketones is 1. The molecule has 41 heavy (non-hydrogen) atoms. The van der Waals surface area contributed by atoms with E-state index in [2.05, 4.69) is 18.8 Å². The molecule has 0 bridgehead atoms. The summed E-state index contributed by atoms with van der Waals surface area (Å²) in [6.07, 6.45) is 1.55. The van der Waals surface area contributed by atoms with Crippen LogP contribution >= 0.6 is 11.3 Å². The maximum Gasteiger partial charge on any atom is 0.301 e. The Morgan fingerprint density at radius 2 is 2.00 bits per heavy atom. The van der Waals surface area contributed by atoms with Gasteiger partial charge < -0.3 is 14.6 Å². The molecule has 1 N–H and O–H groups in total. The van der Waals surface area contributed by atoms with Crippen LogP contribution in [0.5, 0.6) is 11.5 Å². The molecule has 6 rings (SSSR count). The first-order chi connectivity index (χ1) is 19.7. The molecule has 9 heteroatoms. The van der Waals surface area contributed by atoms with E-state index < -0.39 is 23.5 Å². The van der Waals surface area contributed by atoms with Crippen molar-refractivity contribution >= 4 is 44.1 Å². The zero-order valence-corrected chi connectivity index (χ0v) is 23.7. The Bertz CT molecular complexity index is 1710. The van der Waals surface area contributed by atoms with E-state index in [0.717, 1.165) is 29.1 Å². The number of rotatable bonds is 7. The number of Topliss-reactive ketones (excluding diaryl/α,β-unsaturated/α-hetero) is 1. The molecule has 1 saturated heterocycles. The molecular formula is C32H29FN2O5S. The molecule has 0 aliphatic carbocycles. The van der Waals surface area contributed by atoms with Crippen molar-refractivity contribution in [2.24, 2.45) is 5.92 Å². The fourth-order valence-electron chi connectivity index (χ4n) is 5.25. The minimum atomic E-state index is -0.975. The minimum Gasteiger partial charge on any atom is -0.507 e. The summed E-state index contributed by atoms with van der Waals surface area (Å²) in [4.78, 5) is 33.1. The molecule has 1 amide bonds. The first kappa shape index (κ1) is 27.0. The Morgan fingerprint density at radius 1 is 1.17 bits per heavy atom. The van der Waals surface area contributed by atoms with E-state index in [-0.39, 0.29) is 22.6 Å². The van der Waals surface area contributed by atoms with Gasteiger partial charge in [-0.05, 0) is 78.9 Å². The van der Waals surface area contributed by atoms with Crippen molar-refractivity contribution in [2.45, 2.75) is 45.8 Å². The fraction of sp³-hybridized carbons (Fsp3) is 0.281. The molecule has 210 valence electrons. The summed E-state index contributed by atoms with van der Waals surface area (Å²) in [5.41, 5.74) is 2.37. The van der Waals surface area contributed by atoms with Gasteiger partial charge in [-0.15, -0.1) is 0 Å². The second kappa shape index (κ2) is 10.6. The number of amides is 1. The SMILES string of the molecule is CC(C)CCOc1cccc([C@H]2C(=C(O)c3ccc4c(c3)C[C@@H](C)O4)C(=O)C(=O)N2c2nc3ccc(F)cc3s2)c1. The van der Waals surface area contributed by atoms with Gasteiger partial charge in [0.1, 0.15) is 29.2 Å². The third-order valence-corrected chi connectivity index (χ3v) is 8.31. The van der Waals surface area contributed by atoms with Crippen molar-refractivity contribution in [3.63, 3.8) is 0 Å². The second-order valence-corrected chi connectivity index (χ2v) is 11.8. The highest BCUT2D eigenvalue weighted by atomic mass is 32.1. The lowest BCUT2D eigenvalue weighted by atomic mass is 9.94. The highest BCUT2D eigenvalue weighted by molar-refractivity contribution is 7.22. The van der Waals surface area contributed by atoms with E-state index in [1.54, 1.807) is 36.4 Å². The Hall–Kier alpha value is -4.24. The lowest BCUT2D eigenvalue weighted by molar-refractivity contribution is -0.132. The summed E-state index contributed by atoms with van der Waals surface area (Å²) in [7, 11) is 0. The van der Waals surface area contributed by atoms with Gasteiger partial charge in [0.2, 0.25) is 0 Å². The van der Waals surface area contributed by atoms with Crippen LogP contribution < -0.4 is 14.4 Å². The molecule has 2 aliphatic heterocycles. The van der Waals surface area contributed by atoms with Gasteiger partial charge in [-0.2, -0.15) is 0 Å². The summed E-state index contributed by atoms with van der Waals surface area (Å²) >= 11 is 1.11. The van der Waals surface area contributed by atoms with Crippen LogP contribution in [-0.4, -0.2) is 34.5 Å². The molecule has 0 radical (unpaired) electrons. The Morgan fingerprint density at radius 3 is 2.80 bits per heavy atom. The predicted octanol–water partition coefficient (Wildman–Crippen LogP) is 6.81. The second-order valence-electron chi connectivity index (χ2n) is 10.8. The maximum atomic E-state index is 14.0. The van der Waals surface area contributed by atoms with E-state index in [1.165, 1.54) is 23.1 Å². The number of benzene rings is 3. The number of thiazole rings is 1. The van der Waals surface area contributed by atoms with Gasteiger partial charge in [-0.25, -0.2) is 9.37 Å². The molecule has 7 nitrogen and oxygen atoms in total. The number of aliphatic hydroxyl groups is 1. The maximum absolute atomic E-state index is 14.0. The van der Waals surface area contributed by atoms with Crippen molar-refractivity contribution in [2.75, 3.05) is 11.5 Å². The summed E-state index contributed by atoms with van der Waals surface area (Å²) in [6, 6.07) is 15.6.